The maximum Gasteiger partial charge on any atom is 0.127 e. The highest BCUT2D eigenvalue weighted by atomic mass is 19.1. The monoisotopic (exact) mass is 290 g/mol. The predicted octanol–water partition coefficient (Wildman–Crippen LogP) is 3.71. The summed E-state index contributed by atoms with van der Waals surface area (Å²) in [5.74, 6) is -0.0773. The number of hydrogen-bond donors (Lipinski definition) is 1. The van der Waals surface area contributed by atoms with Crippen LogP contribution in [0, 0.1) is 5.82 Å². The molecule has 0 unspecified atom stereocenters. The zero-order valence-corrected chi connectivity index (χ0v) is 13.3. The molecule has 1 aliphatic carbocycles. The summed E-state index contributed by atoms with van der Waals surface area (Å²) in [6.45, 7) is 7.29. The van der Waals surface area contributed by atoms with Crippen LogP contribution in [0.2, 0.25) is 0 Å². The molecule has 3 heteroatoms. The van der Waals surface area contributed by atoms with E-state index in [1.165, 1.54) is 32.1 Å². The Bertz CT molecular complexity index is 492. The van der Waals surface area contributed by atoms with E-state index in [1.54, 1.807) is 12.1 Å². The van der Waals surface area contributed by atoms with E-state index in [1.807, 2.05) is 12.1 Å². The molecule has 1 spiro atoms. The Hall–Kier alpha value is -0.930. The molecule has 1 heterocycles. The summed E-state index contributed by atoms with van der Waals surface area (Å²) in [6.07, 6.45) is 6.50. The minimum absolute atomic E-state index is 0.0773. The number of halogens is 1. The Labute approximate surface area is 127 Å². The molecule has 1 aromatic rings. The molecule has 2 aliphatic rings. The van der Waals surface area contributed by atoms with Gasteiger partial charge in [-0.3, -0.25) is 4.90 Å². The number of rotatable bonds is 2. The van der Waals surface area contributed by atoms with Crippen molar-refractivity contribution in [3.05, 3.63) is 35.6 Å². The molecular formula is C18H27FN2. The Morgan fingerprint density at radius 2 is 1.81 bits per heavy atom. The van der Waals surface area contributed by atoms with Crippen molar-refractivity contribution in [3.8, 4) is 0 Å². The topological polar surface area (TPSA) is 15.3 Å². The van der Waals surface area contributed by atoms with E-state index >= 15 is 0 Å². The average Bonchev–Trinajstić information content (AvgIpc) is 2.40. The molecular weight excluding hydrogens is 263 g/mol. The summed E-state index contributed by atoms with van der Waals surface area (Å²) >= 11 is 0. The highest BCUT2D eigenvalue weighted by molar-refractivity contribution is 5.18. The lowest BCUT2D eigenvalue weighted by Crippen LogP contribution is -2.69. The van der Waals surface area contributed by atoms with Gasteiger partial charge in [0.2, 0.25) is 0 Å². The van der Waals surface area contributed by atoms with E-state index in [-0.39, 0.29) is 16.9 Å². The zero-order valence-electron chi connectivity index (χ0n) is 13.3. The lowest BCUT2D eigenvalue weighted by Gasteiger charge is -2.53. The second kappa shape index (κ2) is 5.69. The van der Waals surface area contributed by atoms with E-state index in [4.69, 9.17) is 0 Å². The minimum atomic E-state index is -0.0773. The number of hydrogen-bond acceptors (Lipinski definition) is 2. The van der Waals surface area contributed by atoms with Gasteiger partial charge < -0.3 is 5.32 Å². The molecule has 0 amide bonds. The molecule has 0 bridgehead atoms. The fourth-order valence-corrected chi connectivity index (χ4v) is 4.33. The molecule has 1 N–H and O–H groups in total. The molecule has 116 valence electrons. The molecule has 21 heavy (non-hydrogen) atoms. The second-order valence-corrected chi connectivity index (χ2v) is 7.59. The fourth-order valence-electron chi connectivity index (χ4n) is 4.33. The number of nitrogens with one attached hydrogen (secondary N) is 1. The molecule has 0 aromatic heterocycles. The summed E-state index contributed by atoms with van der Waals surface area (Å²) in [7, 11) is 0. The summed E-state index contributed by atoms with van der Waals surface area (Å²) < 4.78 is 13.9. The van der Waals surface area contributed by atoms with Gasteiger partial charge in [0.15, 0.2) is 0 Å². The lowest BCUT2D eigenvalue weighted by atomic mass is 9.77. The van der Waals surface area contributed by atoms with Crippen molar-refractivity contribution in [3.63, 3.8) is 0 Å². The van der Waals surface area contributed by atoms with Crippen molar-refractivity contribution in [2.45, 2.75) is 63.6 Å². The highest BCUT2D eigenvalue weighted by Gasteiger charge is 2.42. The van der Waals surface area contributed by atoms with Crippen molar-refractivity contribution in [2.75, 3.05) is 13.1 Å². The SMILES string of the molecule is CC1(C)CN(Cc2ccccc2F)CC2(CCCCC2)N1. The third-order valence-electron chi connectivity index (χ3n) is 4.91. The average molecular weight is 290 g/mol. The largest absolute Gasteiger partial charge is 0.304 e. The first-order valence-electron chi connectivity index (χ1n) is 8.23. The van der Waals surface area contributed by atoms with E-state index in [0.29, 0.717) is 0 Å². The molecule has 1 aliphatic heterocycles. The van der Waals surface area contributed by atoms with Gasteiger partial charge in [0.1, 0.15) is 5.82 Å². The van der Waals surface area contributed by atoms with E-state index < -0.39 is 0 Å². The third-order valence-corrected chi connectivity index (χ3v) is 4.91. The molecule has 2 fully saturated rings. The van der Waals surface area contributed by atoms with Crippen LogP contribution >= 0.6 is 0 Å². The second-order valence-electron chi connectivity index (χ2n) is 7.59. The highest BCUT2D eigenvalue weighted by Crippen LogP contribution is 2.34. The molecule has 1 aromatic carbocycles. The first kappa shape index (κ1) is 15.0. The number of piperazine rings is 1. The number of nitrogens with zero attached hydrogens (tertiary/aromatic N) is 1. The predicted molar refractivity (Wildman–Crippen MR) is 84.7 cm³/mol. The van der Waals surface area contributed by atoms with Crippen LogP contribution in [0.25, 0.3) is 0 Å². The molecule has 3 rings (SSSR count). The van der Waals surface area contributed by atoms with Gasteiger partial charge in [-0.15, -0.1) is 0 Å². The van der Waals surface area contributed by atoms with Gasteiger partial charge >= 0.3 is 0 Å². The fraction of sp³-hybridized carbons (Fsp3) is 0.667. The third kappa shape index (κ3) is 3.46. The van der Waals surface area contributed by atoms with Crippen molar-refractivity contribution in [2.24, 2.45) is 0 Å². The Morgan fingerprint density at radius 3 is 2.52 bits per heavy atom. The van der Waals surface area contributed by atoms with Crippen molar-refractivity contribution in [1.82, 2.24) is 10.2 Å². The van der Waals surface area contributed by atoms with Crippen LogP contribution in [-0.2, 0) is 6.54 Å². The number of benzene rings is 1. The van der Waals surface area contributed by atoms with Gasteiger partial charge in [-0.05, 0) is 32.8 Å². The summed E-state index contributed by atoms with van der Waals surface area (Å²) in [5, 5.41) is 3.90. The lowest BCUT2D eigenvalue weighted by molar-refractivity contribution is 0.0322. The van der Waals surface area contributed by atoms with Crippen LogP contribution in [0.4, 0.5) is 4.39 Å². The first-order valence-corrected chi connectivity index (χ1v) is 8.23. The Balaban J connectivity index is 1.77. The van der Waals surface area contributed by atoms with Gasteiger partial charge in [-0.25, -0.2) is 4.39 Å². The molecule has 1 saturated carbocycles. The quantitative estimate of drug-likeness (QED) is 0.893. The maximum absolute atomic E-state index is 13.9. The van der Waals surface area contributed by atoms with Crippen LogP contribution in [0.3, 0.4) is 0 Å². The standard InChI is InChI=1S/C18H27FN2/c1-17(2)13-21(12-15-8-4-5-9-16(15)19)14-18(20-17)10-6-3-7-11-18/h4-5,8-9,20H,3,6-7,10-14H2,1-2H3. The summed E-state index contributed by atoms with van der Waals surface area (Å²) in [6, 6.07) is 7.18. The van der Waals surface area contributed by atoms with E-state index in [0.717, 1.165) is 25.2 Å². The van der Waals surface area contributed by atoms with E-state index in [9.17, 15) is 4.39 Å². The van der Waals surface area contributed by atoms with Crippen LogP contribution in [0.1, 0.15) is 51.5 Å². The summed E-state index contributed by atoms with van der Waals surface area (Å²) in [4.78, 5) is 2.44. The molecule has 1 saturated heterocycles. The van der Waals surface area contributed by atoms with Gasteiger partial charge in [0.25, 0.3) is 0 Å². The molecule has 0 radical (unpaired) electrons. The van der Waals surface area contributed by atoms with Crippen molar-refractivity contribution >= 4 is 0 Å². The van der Waals surface area contributed by atoms with E-state index in [2.05, 4.69) is 24.1 Å². The van der Waals surface area contributed by atoms with Crippen molar-refractivity contribution in [1.29, 1.82) is 0 Å². The minimum Gasteiger partial charge on any atom is -0.304 e. The van der Waals surface area contributed by atoms with Gasteiger partial charge in [-0.2, -0.15) is 0 Å². The van der Waals surface area contributed by atoms with Gasteiger partial charge in [-0.1, -0.05) is 37.5 Å². The van der Waals surface area contributed by atoms with Crippen LogP contribution in [0.5, 0.6) is 0 Å². The first-order chi connectivity index (χ1) is 9.98. The molecule has 2 nitrogen and oxygen atoms in total. The zero-order chi connectivity index (χ0) is 14.9. The van der Waals surface area contributed by atoms with Crippen LogP contribution < -0.4 is 5.32 Å². The van der Waals surface area contributed by atoms with Gasteiger partial charge in [0, 0.05) is 36.3 Å². The molecule has 0 atom stereocenters. The Kier molecular flexibility index (Phi) is 4.06. The normalized spacial score (nSPS) is 25.1. The van der Waals surface area contributed by atoms with Crippen molar-refractivity contribution < 1.29 is 4.39 Å². The maximum atomic E-state index is 13.9. The smallest absolute Gasteiger partial charge is 0.127 e. The van der Waals surface area contributed by atoms with Crippen LogP contribution in [-0.4, -0.2) is 29.1 Å². The summed E-state index contributed by atoms with van der Waals surface area (Å²) in [5.41, 5.74) is 1.16. The Morgan fingerprint density at radius 1 is 1.10 bits per heavy atom. The van der Waals surface area contributed by atoms with Crippen LogP contribution in [0.15, 0.2) is 24.3 Å². The van der Waals surface area contributed by atoms with Gasteiger partial charge in [0.05, 0.1) is 0 Å².